The summed E-state index contributed by atoms with van der Waals surface area (Å²) in [5.41, 5.74) is 3.17. The largest absolute Gasteiger partial charge is 0.383 e. The number of nitrogens with one attached hydrogen (secondary N) is 2. The quantitative estimate of drug-likeness (QED) is 0.476. The predicted octanol–water partition coefficient (Wildman–Crippen LogP) is 2.00. The van der Waals surface area contributed by atoms with Crippen LogP contribution in [-0.4, -0.2) is 80.3 Å². The van der Waals surface area contributed by atoms with E-state index in [4.69, 9.17) is 9.47 Å². The number of benzene rings is 1. The van der Waals surface area contributed by atoms with E-state index < -0.39 is 0 Å². The Morgan fingerprint density at radius 3 is 2.82 bits per heavy atom. The Bertz CT molecular complexity index is 1290. The number of aromatic nitrogens is 1. The van der Waals surface area contributed by atoms with Crippen LogP contribution in [0.3, 0.4) is 0 Å². The van der Waals surface area contributed by atoms with E-state index in [1.165, 1.54) is 0 Å². The van der Waals surface area contributed by atoms with Crippen molar-refractivity contribution in [2.24, 2.45) is 4.99 Å². The van der Waals surface area contributed by atoms with Crippen molar-refractivity contribution < 1.29 is 19.1 Å². The van der Waals surface area contributed by atoms with Gasteiger partial charge < -0.3 is 25.0 Å². The highest BCUT2D eigenvalue weighted by molar-refractivity contribution is 6.06. The van der Waals surface area contributed by atoms with Gasteiger partial charge in [-0.15, -0.1) is 0 Å². The van der Waals surface area contributed by atoms with Crippen LogP contribution in [0.2, 0.25) is 0 Å². The molecular formula is C28H33N7O4+. The minimum absolute atomic E-state index is 0.0438. The summed E-state index contributed by atoms with van der Waals surface area (Å²) in [4.78, 5) is 40.1. The van der Waals surface area contributed by atoms with Crippen molar-refractivity contribution in [1.29, 1.82) is 0 Å². The Balaban J connectivity index is 1.29. The van der Waals surface area contributed by atoms with Crippen LogP contribution in [0.15, 0.2) is 71.9 Å². The number of rotatable bonds is 9. The molecule has 0 spiro atoms. The molecule has 4 heterocycles. The number of fused-ring (bicyclic) bond motifs is 1. The third kappa shape index (κ3) is 6.51. The number of anilines is 2. The molecule has 1 aromatic heterocycles. The molecule has 3 aliphatic heterocycles. The third-order valence-electron chi connectivity index (χ3n) is 6.55. The normalized spacial score (nSPS) is 17.8. The molecule has 1 saturated heterocycles. The van der Waals surface area contributed by atoms with Crippen molar-refractivity contribution >= 4 is 29.2 Å². The van der Waals surface area contributed by atoms with Gasteiger partial charge in [0.05, 0.1) is 38.0 Å². The highest BCUT2D eigenvalue weighted by atomic mass is 16.5. The maximum atomic E-state index is 12.8. The zero-order chi connectivity index (χ0) is 27.2. The maximum absolute atomic E-state index is 12.8. The van der Waals surface area contributed by atoms with Crippen molar-refractivity contribution in [2.75, 3.05) is 56.9 Å². The van der Waals surface area contributed by atoms with Gasteiger partial charge in [-0.25, -0.2) is 4.98 Å². The van der Waals surface area contributed by atoms with Gasteiger partial charge in [0, 0.05) is 44.3 Å². The number of carbonyl (C=O) groups is 2. The summed E-state index contributed by atoms with van der Waals surface area (Å²) < 4.78 is 10.4. The van der Waals surface area contributed by atoms with Crippen LogP contribution >= 0.6 is 0 Å². The van der Waals surface area contributed by atoms with Gasteiger partial charge in [-0.05, 0) is 36.8 Å². The fourth-order valence-electron chi connectivity index (χ4n) is 4.66. The number of aliphatic imine (C=N–C) groups is 1. The third-order valence-corrected chi connectivity index (χ3v) is 6.55. The number of ether oxygens (including phenoxy) is 2. The second-order valence-electron chi connectivity index (χ2n) is 9.61. The van der Waals surface area contributed by atoms with E-state index in [0.717, 1.165) is 22.8 Å². The van der Waals surface area contributed by atoms with E-state index in [9.17, 15) is 9.59 Å². The number of morpholine rings is 1. The average molecular weight is 532 g/mol. The lowest BCUT2D eigenvalue weighted by Crippen LogP contribution is -2.46. The summed E-state index contributed by atoms with van der Waals surface area (Å²) in [6.45, 7) is 5.24. The Hall–Kier alpha value is -4.06. The second kappa shape index (κ2) is 12.2. The summed E-state index contributed by atoms with van der Waals surface area (Å²) >= 11 is 0. The molecule has 39 heavy (non-hydrogen) atoms. The molecule has 11 nitrogen and oxygen atoms in total. The first-order chi connectivity index (χ1) is 19.0. The summed E-state index contributed by atoms with van der Waals surface area (Å²) in [5, 5.41) is 6.31. The molecule has 1 atom stereocenters. The van der Waals surface area contributed by atoms with Crippen molar-refractivity contribution in [3.05, 3.63) is 78.0 Å². The summed E-state index contributed by atoms with van der Waals surface area (Å²) in [6, 6.07) is 11.4. The average Bonchev–Trinajstić information content (AvgIpc) is 3.43. The maximum Gasteiger partial charge on any atom is 0.308 e. The van der Waals surface area contributed by atoms with Crippen LogP contribution in [0.1, 0.15) is 22.8 Å². The molecule has 1 radical (unpaired) electrons. The van der Waals surface area contributed by atoms with Crippen LogP contribution in [0.25, 0.3) is 0 Å². The van der Waals surface area contributed by atoms with E-state index >= 15 is 0 Å². The monoisotopic (exact) mass is 531 g/mol. The zero-order valence-corrected chi connectivity index (χ0v) is 22.2. The molecule has 1 aromatic carbocycles. The summed E-state index contributed by atoms with van der Waals surface area (Å²) in [6.07, 6.45) is 7.53. The molecule has 0 aliphatic carbocycles. The lowest BCUT2D eigenvalue weighted by atomic mass is 10.1. The smallest absolute Gasteiger partial charge is 0.308 e. The van der Waals surface area contributed by atoms with Gasteiger partial charge in [0.1, 0.15) is 11.5 Å². The van der Waals surface area contributed by atoms with Crippen LogP contribution in [0, 0.1) is 0 Å². The van der Waals surface area contributed by atoms with E-state index in [1.807, 2.05) is 48.5 Å². The van der Waals surface area contributed by atoms with Gasteiger partial charge in [-0.3, -0.25) is 14.5 Å². The Kier molecular flexibility index (Phi) is 8.30. The minimum Gasteiger partial charge on any atom is -0.383 e. The number of nitrogens with zero attached hydrogens (tertiary/aromatic N) is 5. The standard InChI is InChI=1S/C28H33N7O4/c1-20(18-38-2)31-26(36)15-21-4-3-5-23(14-21)35-17-24(27-29-8-9-34(27)19-35)32-25-7-6-22(16-30-25)28(37)33-10-12-39-13-11-33/h3-9,14,16-17,20H,10-13,15,18-19H2,1-2H3,(H,30,32)(H,31,36)/q+1. The predicted molar refractivity (Wildman–Crippen MR) is 148 cm³/mol. The topological polar surface area (TPSA) is 114 Å². The molecule has 1 fully saturated rings. The van der Waals surface area contributed by atoms with E-state index in [0.29, 0.717) is 51.0 Å². The fourth-order valence-corrected chi connectivity index (χ4v) is 4.66. The highest BCUT2D eigenvalue weighted by Gasteiger charge is 2.36. The molecule has 2 amide bonds. The second-order valence-corrected chi connectivity index (χ2v) is 9.61. The molecule has 0 bridgehead atoms. The number of carbonyl (C=O) groups excluding carboxylic acids is 2. The highest BCUT2D eigenvalue weighted by Crippen LogP contribution is 2.25. The van der Waals surface area contributed by atoms with Gasteiger partial charge in [-0.1, -0.05) is 17.0 Å². The van der Waals surface area contributed by atoms with Crippen LogP contribution in [-0.2, 0) is 20.7 Å². The van der Waals surface area contributed by atoms with Gasteiger partial charge in [0.2, 0.25) is 12.6 Å². The van der Waals surface area contributed by atoms with Crippen LogP contribution < -0.4 is 20.4 Å². The molecule has 203 valence electrons. The van der Waals surface area contributed by atoms with Gasteiger partial charge in [0.15, 0.2) is 6.20 Å². The molecule has 5 rings (SSSR count). The Labute approximate surface area is 227 Å². The number of amidine groups is 1. The molecule has 1 unspecified atom stereocenters. The Morgan fingerprint density at radius 2 is 2.05 bits per heavy atom. The number of methoxy groups -OCH3 is 1. The minimum atomic E-state index is -0.0517. The van der Waals surface area contributed by atoms with Crippen molar-refractivity contribution in [3.63, 3.8) is 0 Å². The number of amides is 2. The van der Waals surface area contributed by atoms with Crippen molar-refractivity contribution in [2.45, 2.75) is 19.4 Å². The molecular weight excluding hydrogens is 498 g/mol. The SMILES string of the molecule is COCC(C)NC(=O)Cc1cccc(N2C=C(Nc3ccc(C(=O)N4CCOCC4)cn3)C3=NC=C[N+]3C2)c1. The molecule has 2 aromatic rings. The van der Waals surface area contributed by atoms with Gasteiger partial charge >= 0.3 is 5.84 Å². The first kappa shape index (κ1) is 26.5. The van der Waals surface area contributed by atoms with Crippen LogP contribution in [0.5, 0.6) is 0 Å². The Morgan fingerprint density at radius 1 is 1.21 bits per heavy atom. The van der Waals surface area contributed by atoms with Crippen molar-refractivity contribution in [1.82, 2.24) is 20.1 Å². The first-order valence-corrected chi connectivity index (χ1v) is 13.0. The van der Waals surface area contributed by atoms with E-state index in [-0.39, 0.29) is 24.3 Å². The number of hydrogen-bond donors (Lipinski definition) is 2. The number of hydrogen-bond acceptors (Lipinski definition) is 9. The van der Waals surface area contributed by atoms with Crippen LogP contribution in [0.4, 0.5) is 11.5 Å². The molecule has 11 heteroatoms. The van der Waals surface area contributed by atoms with Gasteiger partial charge in [-0.2, -0.15) is 4.99 Å². The van der Waals surface area contributed by atoms with E-state index in [2.05, 4.69) is 25.5 Å². The molecule has 3 aliphatic rings. The van der Waals surface area contributed by atoms with E-state index in [1.54, 1.807) is 36.5 Å². The zero-order valence-electron chi connectivity index (χ0n) is 22.2. The fraction of sp³-hybridized carbons (Fsp3) is 0.357. The summed E-state index contributed by atoms with van der Waals surface area (Å²) in [7, 11) is 1.62. The lowest BCUT2D eigenvalue weighted by molar-refractivity contribution is -0.121. The lowest BCUT2D eigenvalue weighted by Gasteiger charge is -2.27. The molecule has 0 saturated carbocycles. The number of pyridine rings is 1. The molecule has 2 N–H and O–H groups in total. The summed E-state index contributed by atoms with van der Waals surface area (Å²) in [5.74, 6) is 1.29. The first-order valence-electron chi connectivity index (χ1n) is 13.0. The van der Waals surface area contributed by atoms with Gasteiger partial charge in [0.25, 0.3) is 5.91 Å². The van der Waals surface area contributed by atoms with Crippen molar-refractivity contribution in [3.8, 4) is 0 Å².